The highest BCUT2D eigenvalue weighted by molar-refractivity contribution is 6.06. The molecule has 0 bridgehead atoms. The molecule has 1 saturated heterocycles. The second-order valence-corrected chi connectivity index (χ2v) is 10.1. The average Bonchev–Trinajstić information content (AvgIpc) is 3.49. The van der Waals surface area contributed by atoms with Crippen molar-refractivity contribution in [2.45, 2.75) is 38.1 Å². The highest BCUT2D eigenvalue weighted by Crippen LogP contribution is 2.32. The van der Waals surface area contributed by atoms with Gasteiger partial charge in [0.15, 0.2) is 6.26 Å². The normalized spacial score (nSPS) is 21.8. The number of anilines is 1. The van der Waals surface area contributed by atoms with E-state index in [-0.39, 0.29) is 11.9 Å². The van der Waals surface area contributed by atoms with Crippen molar-refractivity contribution in [3.8, 4) is 0 Å². The first-order valence-corrected chi connectivity index (χ1v) is 13.3. The fourth-order valence-electron chi connectivity index (χ4n) is 5.66. The Morgan fingerprint density at radius 1 is 1.00 bits per heavy atom. The molecule has 1 N–H and O–H groups in total. The minimum atomic E-state index is 0.0429. The maximum absolute atomic E-state index is 13.5. The van der Waals surface area contributed by atoms with Crippen molar-refractivity contribution < 1.29 is 14.3 Å². The van der Waals surface area contributed by atoms with Crippen molar-refractivity contribution in [3.63, 3.8) is 0 Å². The number of ether oxygens (including phenoxy) is 2. The van der Waals surface area contributed by atoms with Crippen LogP contribution in [0.25, 0.3) is 0 Å². The summed E-state index contributed by atoms with van der Waals surface area (Å²) in [5, 5.41) is 0. The fourth-order valence-corrected chi connectivity index (χ4v) is 5.66. The summed E-state index contributed by atoms with van der Waals surface area (Å²) in [7, 11) is 0. The van der Waals surface area contributed by atoms with E-state index in [9.17, 15) is 4.79 Å². The summed E-state index contributed by atoms with van der Waals surface area (Å²) < 4.78 is 11.9. The van der Waals surface area contributed by atoms with Crippen LogP contribution < -0.4 is 4.90 Å². The lowest BCUT2D eigenvalue weighted by molar-refractivity contribution is 0.0777. The van der Waals surface area contributed by atoms with Gasteiger partial charge in [0.2, 0.25) is 5.88 Å². The smallest absolute Gasteiger partial charge is 0.274 e. The van der Waals surface area contributed by atoms with Gasteiger partial charge >= 0.3 is 0 Å². The van der Waals surface area contributed by atoms with Crippen LogP contribution in [0.5, 0.6) is 0 Å². The van der Waals surface area contributed by atoms with Gasteiger partial charge in [0.25, 0.3) is 5.91 Å². The van der Waals surface area contributed by atoms with Crippen LogP contribution in [0.2, 0.25) is 0 Å². The number of amides is 1. The standard InChI is InChI=1S/C30H34N4O3/c35-30(27-10-6-14-31-27)34-25(13-12-24-9-4-5-11-28(24)34)20-32-15-17-33(18-16-32)29-22-36-26(21-37-29)19-23-7-2-1-3-8-23/h1-2,4-7,9-11,14,21-22,25,31H,3,8,12-13,15-20H2. The molecule has 0 saturated carbocycles. The number of hydrogen-bond acceptors (Lipinski definition) is 5. The maximum atomic E-state index is 13.5. The summed E-state index contributed by atoms with van der Waals surface area (Å²) in [6.45, 7) is 4.42. The third-order valence-electron chi connectivity index (χ3n) is 7.69. The first-order valence-electron chi connectivity index (χ1n) is 13.3. The van der Waals surface area contributed by atoms with Crippen LogP contribution in [-0.2, 0) is 15.9 Å². The second kappa shape index (κ2) is 10.7. The van der Waals surface area contributed by atoms with Gasteiger partial charge in [-0.05, 0) is 49.4 Å². The Bertz CT molecular complexity index is 1240. The number of nitrogens with zero attached hydrogens (tertiary/aromatic N) is 3. The fraction of sp³-hybridized carbons (Fsp3) is 0.367. The summed E-state index contributed by atoms with van der Waals surface area (Å²) in [5.41, 5.74) is 4.29. The highest BCUT2D eigenvalue weighted by atomic mass is 16.6. The van der Waals surface area contributed by atoms with Crippen molar-refractivity contribution in [3.05, 3.63) is 102 Å². The first-order chi connectivity index (χ1) is 18.2. The number of nitrogens with one attached hydrogen (secondary N) is 1. The van der Waals surface area contributed by atoms with Crippen LogP contribution in [0.1, 0.15) is 41.7 Å². The van der Waals surface area contributed by atoms with Gasteiger partial charge in [0.05, 0.1) is 6.04 Å². The van der Waals surface area contributed by atoms with Gasteiger partial charge in [-0.2, -0.15) is 0 Å². The van der Waals surface area contributed by atoms with Crippen LogP contribution in [0.15, 0.2) is 90.6 Å². The zero-order valence-electron chi connectivity index (χ0n) is 21.1. The maximum Gasteiger partial charge on any atom is 0.274 e. The lowest BCUT2D eigenvalue weighted by atomic mass is 9.94. The van der Waals surface area contributed by atoms with Crippen LogP contribution in [0.3, 0.4) is 0 Å². The largest absolute Gasteiger partial charge is 0.460 e. The van der Waals surface area contributed by atoms with Crippen LogP contribution in [-0.4, -0.2) is 59.5 Å². The van der Waals surface area contributed by atoms with Crippen LogP contribution >= 0.6 is 0 Å². The van der Waals surface area contributed by atoms with Crippen molar-refractivity contribution >= 4 is 11.6 Å². The van der Waals surface area contributed by atoms with Gasteiger partial charge < -0.3 is 24.3 Å². The molecule has 1 aromatic carbocycles. The molecule has 1 aliphatic carbocycles. The molecule has 1 atom stereocenters. The number of fused-ring (bicyclic) bond motifs is 1. The van der Waals surface area contributed by atoms with E-state index < -0.39 is 0 Å². The molecule has 1 fully saturated rings. The predicted molar refractivity (Wildman–Crippen MR) is 144 cm³/mol. The molecule has 3 aliphatic heterocycles. The number of aromatic amines is 1. The van der Waals surface area contributed by atoms with E-state index >= 15 is 0 Å². The number of piperazine rings is 1. The molecule has 0 spiro atoms. The van der Waals surface area contributed by atoms with E-state index in [0.717, 1.165) is 82.2 Å². The van der Waals surface area contributed by atoms with Gasteiger partial charge in [-0.15, -0.1) is 0 Å². The number of allylic oxidation sites excluding steroid dienone is 4. The summed E-state index contributed by atoms with van der Waals surface area (Å²) in [6, 6.07) is 12.2. The van der Waals surface area contributed by atoms with Crippen LogP contribution in [0, 0.1) is 0 Å². The number of rotatable bonds is 6. The van der Waals surface area contributed by atoms with Gasteiger partial charge in [-0.25, -0.2) is 0 Å². The summed E-state index contributed by atoms with van der Waals surface area (Å²) in [5.74, 6) is 1.67. The van der Waals surface area contributed by atoms with E-state index in [2.05, 4.69) is 51.2 Å². The molecule has 0 radical (unpaired) electrons. The van der Waals surface area contributed by atoms with Crippen molar-refractivity contribution in [2.75, 3.05) is 37.6 Å². The third-order valence-corrected chi connectivity index (χ3v) is 7.69. The third kappa shape index (κ3) is 5.23. The van der Waals surface area contributed by atoms with Crippen molar-refractivity contribution in [1.29, 1.82) is 0 Å². The van der Waals surface area contributed by atoms with Crippen molar-refractivity contribution in [1.82, 2.24) is 14.8 Å². The molecule has 6 rings (SSSR count). The number of H-pyrrole nitrogens is 1. The molecule has 2 aromatic rings. The number of benzene rings is 1. The van der Waals surface area contributed by atoms with E-state index in [1.807, 2.05) is 29.3 Å². The van der Waals surface area contributed by atoms with E-state index in [4.69, 9.17) is 9.47 Å². The number of aryl methyl sites for hydroxylation is 1. The minimum absolute atomic E-state index is 0.0429. The molecular weight excluding hydrogens is 464 g/mol. The molecule has 7 heteroatoms. The number of aromatic nitrogens is 1. The predicted octanol–water partition coefficient (Wildman–Crippen LogP) is 4.95. The molecule has 1 unspecified atom stereocenters. The van der Waals surface area contributed by atoms with Gasteiger partial charge in [-0.1, -0.05) is 42.0 Å². The average molecular weight is 499 g/mol. The molecule has 1 aromatic heterocycles. The summed E-state index contributed by atoms with van der Waals surface area (Å²) in [4.78, 5) is 23.3. The van der Waals surface area contributed by atoms with Gasteiger partial charge in [-0.3, -0.25) is 9.69 Å². The Morgan fingerprint density at radius 3 is 2.65 bits per heavy atom. The Hall–Kier alpha value is -3.71. The SMILES string of the molecule is O=C(c1ccc[nH]1)N1c2ccccc2CCC1CN1CCN(C2=COC(CC3=CC=CCC3)=CO2)CC1. The zero-order valence-corrected chi connectivity index (χ0v) is 21.1. The van der Waals surface area contributed by atoms with Gasteiger partial charge in [0.1, 0.15) is 17.7 Å². The summed E-state index contributed by atoms with van der Waals surface area (Å²) in [6.07, 6.45) is 16.7. The lowest BCUT2D eigenvalue weighted by Crippen LogP contribution is -2.54. The van der Waals surface area contributed by atoms with E-state index in [0.29, 0.717) is 5.69 Å². The molecule has 4 heterocycles. The number of hydrogen-bond donors (Lipinski definition) is 1. The highest BCUT2D eigenvalue weighted by Gasteiger charge is 2.34. The minimum Gasteiger partial charge on any atom is -0.460 e. The quantitative estimate of drug-likeness (QED) is 0.611. The first kappa shape index (κ1) is 23.7. The Kier molecular flexibility index (Phi) is 6.86. The Balaban J connectivity index is 1.06. The second-order valence-electron chi connectivity index (χ2n) is 10.1. The van der Waals surface area contributed by atoms with Crippen molar-refractivity contribution in [2.24, 2.45) is 0 Å². The van der Waals surface area contributed by atoms with Gasteiger partial charge in [0, 0.05) is 51.0 Å². The molecule has 192 valence electrons. The summed E-state index contributed by atoms with van der Waals surface area (Å²) >= 11 is 0. The van der Waals surface area contributed by atoms with E-state index in [1.54, 1.807) is 12.5 Å². The number of para-hydroxylation sites is 1. The molecule has 1 amide bonds. The molecule has 7 nitrogen and oxygen atoms in total. The number of carbonyl (C=O) groups excluding carboxylic acids is 1. The number of carbonyl (C=O) groups is 1. The monoisotopic (exact) mass is 498 g/mol. The molecule has 4 aliphatic rings. The topological polar surface area (TPSA) is 61.0 Å². The zero-order chi connectivity index (χ0) is 25.0. The van der Waals surface area contributed by atoms with Crippen LogP contribution in [0.4, 0.5) is 5.69 Å². The lowest BCUT2D eigenvalue weighted by Gasteiger charge is -2.42. The Morgan fingerprint density at radius 2 is 1.89 bits per heavy atom. The van der Waals surface area contributed by atoms with E-state index in [1.165, 1.54) is 11.1 Å². The molecule has 37 heavy (non-hydrogen) atoms. The Labute approximate surface area is 218 Å². The molecular formula is C30H34N4O3.